The zero-order valence-corrected chi connectivity index (χ0v) is 10.9. The molecular weight excluding hydrogens is 244 g/mol. The number of hydrogen-bond donors (Lipinski definition) is 1. The van der Waals surface area contributed by atoms with Gasteiger partial charge in [0.2, 0.25) is 0 Å². The molecule has 0 saturated heterocycles. The molecule has 1 heterocycles. The van der Waals surface area contributed by atoms with Crippen molar-refractivity contribution < 1.29 is 5.11 Å². The van der Waals surface area contributed by atoms with Gasteiger partial charge in [0.05, 0.1) is 6.20 Å². The molecule has 0 unspecified atom stereocenters. The lowest BCUT2D eigenvalue weighted by molar-refractivity contribution is 0.350. The van der Waals surface area contributed by atoms with Gasteiger partial charge in [-0.2, -0.15) is 5.10 Å². The molecule has 0 aliphatic rings. The summed E-state index contributed by atoms with van der Waals surface area (Å²) >= 11 is 1.76. The van der Waals surface area contributed by atoms with Crippen molar-refractivity contribution in [3.63, 3.8) is 0 Å². The van der Waals surface area contributed by atoms with Gasteiger partial charge >= 0.3 is 0 Å². The van der Waals surface area contributed by atoms with Crippen LogP contribution in [0.3, 0.4) is 0 Å². The average molecular weight is 258 g/mol. The standard InChI is InChI=1S/C14H14N2OS/c1-16-10-14(9-15-16)18-11-13-6-4-12(5-7-13)3-2-8-17/h4-7,9-10,17H,8,11H2,1H3. The molecule has 4 heteroatoms. The van der Waals surface area contributed by atoms with E-state index in [2.05, 4.69) is 29.1 Å². The molecule has 0 radical (unpaired) electrons. The fraction of sp³-hybridized carbons (Fsp3) is 0.214. The summed E-state index contributed by atoms with van der Waals surface area (Å²) in [6.45, 7) is -0.0986. The Morgan fingerprint density at radius 3 is 2.72 bits per heavy atom. The van der Waals surface area contributed by atoms with Crippen LogP contribution in [0, 0.1) is 11.8 Å². The average Bonchev–Trinajstić information content (AvgIpc) is 2.81. The van der Waals surface area contributed by atoms with Crippen molar-refractivity contribution in [3.05, 3.63) is 47.8 Å². The normalized spacial score (nSPS) is 9.89. The summed E-state index contributed by atoms with van der Waals surface area (Å²) < 4.78 is 1.80. The van der Waals surface area contributed by atoms with Crippen LogP contribution in [0.2, 0.25) is 0 Å². The highest BCUT2D eigenvalue weighted by atomic mass is 32.2. The molecule has 0 spiro atoms. The molecule has 0 bridgehead atoms. The van der Waals surface area contributed by atoms with Crippen LogP contribution in [0.4, 0.5) is 0 Å². The van der Waals surface area contributed by atoms with Crippen LogP contribution >= 0.6 is 11.8 Å². The zero-order chi connectivity index (χ0) is 12.8. The van der Waals surface area contributed by atoms with Gasteiger partial charge in [0.15, 0.2) is 0 Å². The molecule has 1 aromatic carbocycles. The van der Waals surface area contributed by atoms with Crippen LogP contribution in [-0.2, 0) is 12.8 Å². The van der Waals surface area contributed by atoms with E-state index in [0.29, 0.717) is 0 Å². The number of thioether (sulfide) groups is 1. The molecule has 0 atom stereocenters. The highest BCUT2D eigenvalue weighted by molar-refractivity contribution is 7.98. The molecular formula is C14H14N2OS. The Hall–Kier alpha value is -1.70. The lowest BCUT2D eigenvalue weighted by Crippen LogP contribution is -1.84. The Kier molecular flexibility index (Phi) is 4.46. The summed E-state index contributed by atoms with van der Waals surface area (Å²) in [5.74, 6) is 6.43. The van der Waals surface area contributed by atoms with Gasteiger partial charge in [-0.3, -0.25) is 4.68 Å². The molecule has 0 aliphatic heterocycles. The lowest BCUT2D eigenvalue weighted by atomic mass is 10.1. The number of aliphatic hydroxyl groups is 1. The Labute approximate surface area is 111 Å². The van der Waals surface area contributed by atoms with Gasteiger partial charge in [-0.15, -0.1) is 11.8 Å². The molecule has 1 N–H and O–H groups in total. The van der Waals surface area contributed by atoms with E-state index in [0.717, 1.165) is 11.3 Å². The van der Waals surface area contributed by atoms with E-state index in [1.54, 1.807) is 16.4 Å². The molecule has 1 aromatic heterocycles. The first kappa shape index (κ1) is 12.7. The van der Waals surface area contributed by atoms with Crippen LogP contribution in [-0.4, -0.2) is 21.5 Å². The minimum absolute atomic E-state index is 0.0986. The number of nitrogens with zero attached hydrogens (tertiary/aromatic N) is 2. The molecule has 0 saturated carbocycles. The zero-order valence-electron chi connectivity index (χ0n) is 10.1. The van der Waals surface area contributed by atoms with E-state index < -0.39 is 0 Å². The molecule has 0 fully saturated rings. The van der Waals surface area contributed by atoms with E-state index in [-0.39, 0.29) is 6.61 Å². The molecule has 18 heavy (non-hydrogen) atoms. The van der Waals surface area contributed by atoms with Crippen molar-refractivity contribution in [1.29, 1.82) is 0 Å². The van der Waals surface area contributed by atoms with Crippen molar-refractivity contribution >= 4 is 11.8 Å². The fourth-order valence-corrected chi connectivity index (χ4v) is 2.34. The molecule has 3 nitrogen and oxygen atoms in total. The third-order valence-electron chi connectivity index (χ3n) is 2.35. The van der Waals surface area contributed by atoms with Gasteiger partial charge in [-0.1, -0.05) is 24.0 Å². The smallest absolute Gasteiger partial charge is 0.104 e. The topological polar surface area (TPSA) is 38.0 Å². The van der Waals surface area contributed by atoms with Gasteiger partial charge in [0.25, 0.3) is 0 Å². The Morgan fingerprint density at radius 1 is 1.33 bits per heavy atom. The maximum absolute atomic E-state index is 8.61. The largest absolute Gasteiger partial charge is 0.384 e. The monoisotopic (exact) mass is 258 g/mol. The summed E-state index contributed by atoms with van der Waals surface area (Å²) in [4.78, 5) is 1.17. The predicted molar refractivity (Wildman–Crippen MR) is 73.2 cm³/mol. The quantitative estimate of drug-likeness (QED) is 0.676. The lowest BCUT2D eigenvalue weighted by Gasteiger charge is -1.99. The van der Waals surface area contributed by atoms with Gasteiger partial charge < -0.3 is 5.11 Å². The van der Waals surface area contributed by atoms with Crippen LogP contribution in [0.15, 0.2) is 41.6 Å². The van der Waals surface area contributed by atoms with E-state index >= 15 is 0 Å². The van der Waals surface area contributed by atoms with Crippen molar-refractivity contribution in [2.24, 2.45) is 7.05 Å². The summed E-state index contributed by atoms with van der Waals surface area (Å²) in [6, 6.07) is 8.07. The molecule has 0 amide bonds. The third kappa shape index (κ3) is 3.66. The maximum atomic E-state index is 8.61. The first-order chi connectivity index (χ1) is 8.78. The number of hydrogen-bond acceptors (Lipinski definition) is 3. The van der Waals surface area contributed by atoms with Gasteiger partial charge in [0.1, 0.15) is 6.61 Å². The number of aryl methyl sites for hydroxylation is 1. The SMILES string of the molecule is Cn1cc(SCc2ccc(C#CCO)cc2)cn1. The maximum Gasteiger partial charge on any atom is 0.104 e. The summed E-state index contributed by atoms with van der Waals surface area (Å²) in [5.41, 5.74) is 2.18. The second kappa shape index (κ2) is 6.29. The second-order valence-corrected chi connectivity index (χ2v) is 4.84. The van der Waals surface area contributed by atoms with Crippen molar-refractivity contribution in [2.75, 3.05) is 6.61 Å². The number of aliphatic hydroxyl groups excluding tert-OH is 1. The van der Waals surface area contributed by atoms with Crippen molar-refractivity contribution in [1.82, 2.24) is 9.78 Å². The molecule has 0 aliphatic carbocycles. The Morgan fingerprint density at radius 2 is 2.11 bits per heavy atom. The fourth-order valence-electron chi connectivity index (χ4n) is 1.47. The van der Waals surface area contributed by atoms with E-state index in [1.807, 2.05) is 31.6 Å². The molecule has 2 aromatic rings. The Bertz CT molecular complexity index is 563. The van der Waals surface area contributed by atoms with Crippen LogP contribution < -0.4 is 0 Å². The highest BCUT2D eigenvalue weighted by Gasteiger charge is 1.98. The predicted octanol–water partition coefficient (Wildman–Crippen LogP) is 2.06. The van der Waals surface area contributed by atoms with Crippen LogP contribution in [0.1, 0.15) is 11.1 Å². The second-order valence-electron chi connectivity index (χ2n) is 3.80. The Balaban J connectivity index is 1.94. The first-order valence-electron chi connectivity index (χ1n) is 5.58. The van der Waals surface area contributed by atoms with Gasteiger partial charge in [-0.05, 0) is 17.7 Å². The van der Waals surface area contributed by atoms with Crippen LogP contribution in [0.5, 0.6) is 0 Å². The molecule has 92 valence electrons. The van der Waals surface area contributed by atoms with Crippen molar-refractivity contribution in [3.8, 4) is 11.8 Å². The highest BCUT2D eigenvalue weighted by Crippen LogP contribution is 2.21. The van der Waals surface area contributed by atoms with E-state index in [4.69, 9.17) is 5.11 Å². The van der Waals surface area contributed by atoms with Gasteiger partial charge in [-0.25, -0.2) is 0 Å². The summed E-state index contributed by atoms with van der Waals surface area (Å²) in [7, 11) is 1.92. The number of rotatable bonds is 3. The third-order valence-corrected chi connectivity index (χ3v) is 3.37. The summed E-state index contributed by atoms with van der Waals surface area (Å²) in [5, 5.41) is 12.7. The van der Waals surface area contributed by atoms with Crippen LogP contribution in [0.25, 0.3) is 0 Å². The molecule has 2 rings (SSSR count). The minimum Gasteiger partial charge on any atom is -0.384 e. The minimum atomic E-state index is -0.0986. The first-order valence-corrected chi connectivity index (χ1v) is 6.56. The summed E-state index contributed by atoms with van der Waals surface area (Å²) in [6.07, 6.45) is 3.87. The van der Waals surface area contributed by atoms with E-state index in [1.165, 1.54) is 10.5 Å². The van der Waals surface area contributed by atoms with E-state index in [9.17, 15) is 0 Å². The van der Waals surface area contributed by atoms with Crippen molar-refractivity contribution in [2.45, 2.75) is 10.6 Å². The number of benzene rings is 1. The number of aromatic nitrogens is 2. The van der Waals surface area contributed by atoms with Gasteiger partial charge in [0, 0.05) is 29.5 Å².